The van der Waals surface area contributed by atoms with Crippen LogP contribution in [0.25, 0.3) is 0 Å². The topological polar surface area (TPSA) is 88.0 Å². The third-order valence-electron chi connectivity index (χ3n) is 15.6. The van der Waals surface area contributed by atoms with Crippen LogP contribution in [0.4, 0.5) is 8.78 Å². The maximum Gasteiger partial charge on any atom is 0.320 e. The molecule has 0 aromatic rings. The third kappa shape index (κ3) is 4.82. The molecule has 5 saturated carbocycles. The van der Waals surface area contributed by atoms with Gasteiger partial charge in [0.05, 0.1) is 30.0 Å². The van der Waals surface area contributed by atoms with Crippen LogP contribution in [0.15, 0.2) is 0 Å². The molecule has 6 rings (SSSR count). The lowest BCUT2D eigenvalue weighted by molar-refractivity contribution is -0.251. The zero-order chi connectivity index (χ0) is 33.8. The number of carbonyl (C=O) groups is 1. The Hall–Kier alpha value is -0.830. The molecule has 6 aliphatic rings. The normalized spacial score (nSPS) is 48.6. The van der Waals surface area contributed by atoms with Crippen molar-refractivity contribution in [3.63, 3.8) is 0 Å². The van der Waals surface area contributed by atoms with Crippen molar-refractivity contribution in [2.75, 3.05) is 13.1 Å². The van der Waals surface area contributed by atoms with Crippen molar-refractivity contribution < 1.29 is 33.3 Å². The van der Waals surface area contributed by atoms with Gasteiger partial charge in [-0.3, -0.25) is 4.79 Å². The maximum absolute atomic E-state index is 15.8. The summed E-state index contributed by atoms with van der Waals surface area (Å²) < 4.78 is 44.6. The molecule has 0 radical (unpaired) electrons. The first-order valence-electron chi connectivity index (χ1n) is 18.6. The van der Waals surface area contributed by atoms with Gasteiger partial charge >= 0.3 is 5.97 Å². The summed E-state index contributed by atoms with van der Waals surface area (Å²) in [5.74, 6) is -3.51. The van der Waals surface area contributed by atoms with Gasteiger partial charge in [0.2, 0.25) is 0 Å². The Morgan fingerprint density at radius 1 is 0.957 bits per heavy atom. The molecular formula is C38H63F2NO5. The Labute approximate surface area is 276 Å². The molecule has 0 aromatic carbocycles. The van der Waals surface area contributed by atoms with Gasteiger partial charge in [-0.25, -0.2) is 8.78 Å². The van der Waals surface area contributed by atoms with E-state index >= 15 is 8.78 Å². The average Bonchev–Trinajstić information content (AvgIpc) is 3.32. The molecule has 46 heavy (non-hydrogen) atoms. The van der Waals surface area contributed by atoms with Gasteiger partial charge in [-0.2, -0.15) is 0 Å². The van der Waals surface area contributed by atoms with Crippen LogP contribution in [0.2, 0.25) is 0 Å². The van der Waals surface area contributed by atoms with Gasteiger partial charge in [-0.1, -0.05) is 53.9 Å². The Bertz CT molecular complexity index is 1190. The highest BCUT2D eigenvalue weighted by Gasteiger charge is 2.86. The van der Waals surface area contributed by atoms with Gasteiger partial charge in [0.15, 0.2) is 0 Å². The molecule has 0 bridgehead atoms. The van der Waals surface area contributed by atoms with E-state index in [1.807, 2.05) is 0 Å². The standard InChI is InChI=1S/C38H63F2NO5/c1-9-10-11-12-19-41-22-28(43)45-25-20-26-34(7)21-24(42)29(35(8)14-13-27(46-35)32(4,5)44)33(34,6)15-16-36(26)23-37(36)17-18-38(39,40)31(2,3)30(25)37/h24-27,29-30,41-42,44H,9-23H2,1-8H3/t24-,25-,26-,27-,29-,30-,33+,34-,35-,36-,37+/m0/s1. The Morgan fingerprint density at radius 2 is 1.65 bits per heavy atom. The van der Waals surface area contributed by atoms with Crippen LogP contribution in [-0.2, 0) is 14.3 Å². The minimum absolute atomic E-state index is 0.0677. The Morgan fingerprint density at radius 3 is 2.30 bits per heavy atom. The summed E-state index contributed by atoms with van der Waals surface area (Å²) in [6.07, 6.45) is 8.90. The predicted octanol–water partition coefficient (Wildman–Crippen LogP) is 7.43. The van der Waals surface area contributed by atoms with Crippen LogP contribution in [0.5, 0.6) is 0 Å². The quantitative estimate of drug-likeness (QED) is 0.168. The van der Waals surface area contributed by atoms with E-state index < -0.39 is 40.7 Å². The summed E-state index contributed by atoms with van der Waals surface area (Å²) in [4.78, 5) is 13.4. The minimum atomic E-state index is -2.82. The number of unbranched alkanes of at least 4 members (excludes halogenated alkanes) is 3. The van der Waals surface area contributed by atoms with Gasteiger partial charge in [0.25, 0.3) is 5.92 Å². The van der Waals surface area contributed by atoms with E-state index in [1.54, 1.807) is 27.7 Å². The zero-order valence-corrected chi connectivity index (χ0v) is 29.9. The van der Waals surface area contributed by atoms with Gasteiger partial charge in [0, 0.05) is 23.7 Å². The Balaban J connectivity index is 1.30. The second-order valence-electron chi connectivity index (χ2n) is 18.6. The number of esters is 1. The van der Waals surface area contributed by atoms with Crippen molar-refractivity contribution in [1.29, 1.82) is 0 Å². The molecular weight excluding hydrogens is 588 g/mol. The third-order valence-corrected chi connectivity index (χ3v) is 15.6. The lowest BCUT2D eigenvalue weighted by Gasteiger charge is -2.65. The second-order valence-corrected chi connectivity index (χ2v) is 18.6. The van der Waals surface area contributed by atoms with Crippen LogP contribution in [0, 0.1) is 44.8 Å². The summed E-state index contributed by atoms with van der Waals surface area (Å²) in [5, 5.41) is 26.0. The lowest BCUT2D eigenvalue weighted by Crippen LogP contribution is -2.64. The molecule has 0 aromatic heterocycles. The van der Waals surface area contributed by atoms with E-state index in [9.17, 15) is 15.0 Å². The van der Waals surface area contributed by atoms with E-state index in [0.29, 0.717) is 19.3 Å². The van der Waals surface area contributed by atoms with Gasteiger partial charge in [-0.15, -0.1) is 0 Å². The molecule has 2 spiro atoms. The number of halogens is 2. The molecule has 0 amide bonds. The van der Waals surface area contributed by atoms with Crippen molar-refractivity contribution in [3.05, 3.63) is 0 Å². The summed E-state index contributed by atoms with van der Waals surface area (Å²) >= 11 is 0. The Kier molecular flexibility index (Phi) is 8.44. The molecule has 11 atom stereocenters. The number of carbonyl (C=O) groups excluding carboxylic acids is 1. The molecule has 5 aliphatic carbocycles. The monoisotopic (exact) mass is 651 g/mol. The molecule has 0 unspecified atom stereocenters. The van der Waals surface area contributed by atoms with Gasteiger partial charge in [-0.05, 0) is 113 Å². The van der Waals surface area contributed by atoms with E-state index in [1.165, 1.54) is 6.42 Å². The molecule has 1 heterocycles. The van der Waals surface area contributed by atoms with Crippen molar-refractivity contribution in [3.8, 4) is 0 Å². The highest BCUT2D eigenvalue weighted by molar-refractivity contribution is 5.72. The average molecular weight is 652 g/mol. The second kappa shape index (κ2) is 11.1. The predicted molar refractivity (Wildman–Crippen MR) is 174 cm³/mol. The largest absolute Gasteiger partial charge is 0.461 e. The molecule has 1 saturated heterocycles. The van der Waals surface area contributed by atoms with Crippen molar-refractivity contribution in [2.24, 2.45) is 44.8 Å². The molecule has 6 nitrogen and oxygen atoms in total. The molecule has 3 N–H and O–H groups in total. The number of hydrogen-bond acceptors (Lipinski definition) is 6. The fourth-order valence-electron chi connectivity index (χ4n) is 13.2. The number of nitrogens with one attached hydrogen (secondary N) is 1. The van der Waals surface area contributed by atoms with E-state index in [4.69, 9.17) is 9.47 Å². The number of fused-ring (bicyclic) bond motifs is 2. The van der Waals surface area contributed by atoms with Gasteiger partial charge < -0.3 is 25.0 Å². The molecule has 6 fully saturated rings. The number of rotatable bonds is 10. The summed E-state index contributed by atoms with van der Waals surface area (Å²) in [6.45, 7) is 16.9. The van der Waals surface area contributed by atoms with Gasteiger partial charge in [0.1, 0.15) is 6.10 Å². The molecule has 1 aliphatic heterocycles. The number of hydrogen-bond donors (Lipinski definition) is 3. The highest BCUT2D eigenvalue weighted by atomic mass is 19.3. The van der Waals surface area contributed by atoms with Crippen molar-refractivity contribution in [2.45, 2.75) is 174 Å². The van der Waals surface area contributed by atoms with E-state index in [2.05, 4.69) is 33.0 Å². The SMILES string of the molecule is CCCCCCNCC(=O)O[C@H]1C[C@@H]2[C@]3(CC[C@]4(C)[C@@H]([C@]5(C)CC[C@@H](C(C)(C)O)O5)[C@@H](O)C[C@@]24C)C[C@@]32CCC(F)(F)C(C)(C)[C@H]12. The first-order chi connectivity index (χ1) is 21.2. The van der Waals surface area contributed by atoms with Crippen LogP contribution < -0.4 is 5.32 Å². The molecule has 264 valence electrons. The summed E-state index contributed by atoms with van der Waals surface area (Å²) in [6, 6.07) is 0. The molecule has 8 heteroatoms. The first kappa shape index (κ1) is 35.0. The van der Waals surface area contributed by atoms with Crippen molar-refractivity contribution >= 4 is 5.97 Å². The first-order valence-corrected chi connectivity index (χ1v) is 18.6. The van der Waals surface area contributed by atoms with E-state index in [-0.39, 0.29) is 58.5 Å². The van der Waals surface area contributed by atoms with Crippen LogP contribution >= 0.6 is 0 Å². The van der Waals surface area contributed by atoms with Crippen LogP contribution in [-0.4, -0.2) is 64.7 Å². The smallest absolute Gasteiger partial charge is 0.320 e. The number of aliphatic hydroxyl groups excluding tert-OH is 1. The summed E-state index contributed by atoms with van der Waals surface area (Å²) in [7, 11) is 0. The zero-order valence-electron chi connectivity index (χ0n) is 29.9. The van der Waals surface area contributed by atoms with Crippen molar-refractivity contribution in [1.82, 2.24) is 5.32 Å². The maximum atomic E-state index is 15.8. The van der Waals surface area contributed by atoms with E-state index in [0.717, 1.165) is 57.9 Å². The van der Waals surface area contributed by atoms with Crippen LogP contribution in [0.3, 0.4) is 0 Å². The fraction of sp³-hybridized carbons (Fsp3) is 0.974. The fourth-order valence-corrected chi connectivity index (χ4v) is 13.2. The number of ether oxygens (including phenoxy) is 2. The minimum Gasteiger partial charge on any atom is -0.461 e. The summed E-state index contributed by atoms with van der Waals surface area (Å²) in [5.41, 5.74) is -3.66. The number of aliphatic hydroxyl groups is 2. The highest BCUT2D eigenvalue weighted by Crippen LogP contribution is 2.90. The number of alkyl halides is 2. The lowest BCUT2D eigenvalue weighted by atomic mass is 9.41. The van der Waals surface area contributed by atoms with Crippen LogP contribution in [0.1, 0.15) is 139 Å².